The molecule has 0 radical (unpaired) electrons. The predicted octanol–water partition coefficient (Wildman–Crippen LogP) is 5.11. The lowest BCUT2D eigenvalue weighted by molar-refractivity contribution is -0.134. The van der Waals surface area contributed by atoms with Gasteiger partial charge in [-0.2, -0.15) is 0 Å². The van der Waals surface area contributed by atoms with Gasteiger partial charge in [0.1, 0.15) is 11.2 Å². The van der Waals surface area contributed by atoms with Crippen LogP contribution in [0.15, 0.2) is 51.6 Å². The average molecular weight is 498 g/mol. The second kappa shape index (κ2) is 8.10. The maximum absolute atomic E-state index is 13.8. The van der Waals surface area contributed by atoms with Crippen LogP contribution in [-0.2, 0) is 17.9 Å². The number of amides is 2. The summed E-state index contributed by atoms with van der Waals surface area (Å²) in [6.45, 7) is 4.84. The SMILES string of the molecule is C[C@@H]1CCCC[C@H]1NC(=O)[C@]1(C)Cn2c(cc3occc32)C(=O)N1Cc1cccc(Br)c1. The maximum atomic E-state index is 13.8. The molecule has 2 aromatic heterocycles. The number of rotatable bonds is 4. The fourth-order valence-electron chi connectivity index (χ4n) is 5.19. The Labute approximate surface area is 196 Å². The summed E-state index contributed by atoms with van der Waals surface area (Å²) in [4.78, 5) is 29.3. The summed E-state index contributed by atoms with van der Waals surface area (Å²) in [7, 11) is 0. The molecule has 3 aromatic rings. The first-order valence-electron chi connectivity index (χ1n) is 11.3. The van der Waals surface area contributed by atoms with E-state index in [1.54, 1.807) is 17.2 Å². The molecule has 3 atom stereocenters. The lowest BCUT2D eigenvalue weighted by atomic mass is 9.85. The largest absolute Gasteiger partial charge is 0.463 e. The van der Waals surface area contributed by atoms with Crippen LogP contribution in [0, 0.1) is 5.92 Å². The van der Waals surface area contributed by atoms with Crippen molar-refractivity contribution in [3.8, 4) is 0 Å². The van der Waals surface area contributed by atoms with Gasteiger partial charge in [0.05, 0.1) is 18.3 Å². The van der Waals surface area contributed by atoms with Crippen LogP contribution in [0.2, 0.25) is 0 Å². The van der Waals surface area contributed by atoms with Gasteiger partial charge in [-0.3, -0.25) is 9.59 Å². The molecule has 1 saturated carbocycles. The summed E-state index contributed by atoms with van der Waals surface area (Å²) < 4.78 is 8.43. The molecule has 32 heavy (non-hydrogen) atoms. The van der Waals surface area contributed by atoms with E-state index in [9.17, 15) is 9.59 Å². The highest BCUT2D eigenvalue weighted by molar-refractivity contribution is 9.10. The molecule has 1 fully saturated rings. The van der Waals surface area contributed by atoms with Crippen molar-refractivity contribution < 1.29 is 14.0 Å². The van der Waals surface area contributed by atoms with Crippen LogP contribution in [0.4, 0.5) is 0 Å². The minimum Gasteiger partial charge on any atom is -0.463 e. The lowest BCUT2D eigenvalue weighted by Crippen LogP contribution is -2.65. The molecule has 1 N–H and O–H groups in total. The molecular weight excluding hydrogens is 470 g/mol. The van der Waals surface area contributed by atoms with Gasteiger partial charge in [-0.05, 0) is 43.4 Å². The molecule has 2 amide bonds. The standard InChI is InChI=1S/C25H28BrN3O3/c1-16-6-3-4-9-19(16)27-24(31)25(2)15-28-20-10-11-32-22(20)13-21(28)23(30)29(25)14-17-7-5-8-18(26)12-17/h5,7-8,10-13,16,19H,3-4,6,9,14-15H2,1-2H3,(H,27,31)/t16-,19-,25+/m1/s1. The first-order chi connectivity index (χ1) is 15.4. The van der Waals surface area contributed by atoms with Gasteiger partial charge in [0, 0.05) is 29.2 Å². The lowest BCUT2D eigenvalue weighted by Gasteiger charge is -2.45. The van der Waals surface area contributed by atoms with E-state index in [4.69, 9.17) is 4.42 Å². The van der Waals surface area contributed by atoms with Gasteiger partial charge in [0.15, 0.2) is 5.58 Å². The minimum atomic E-state index is -1.02. The Balaban J connectivity index is 1.53. The Morgan fingerprint density at radius 2 is 2.06 bits per heavy atom. The van der Waals surface area contributed by atoms with Gasteiger partial charge in [-0.25, -0.2) is 0 Å². The number of furan rings is 1. The molecule has 2 aliphatic rings. The smallest absolute Gasteiger partial charge is 0.271 e. The van der Waals surface area contributed by atoms with Crippen molar-refractivity contribution in [1.82, 2.24) is 14.8 Å². The zero-order chi connectivity index (χ0) is 22.5. The fourth-order valence-corrected chi connectivity index (χ4v) is 5.64. The topological polar surface area (TPSA) is 67.5 Å². The Hall–Kier alpha value is -2.54. The summed E-state index contributed by atoms with van der Waals surface area (Å²) >= 11 is 3.52. The van der Waals surface area contributed by atoms with Gasteiger partial charge >= 0.3 is 0 Å². The zero-order valence-corrected chi connectivity index (χ0v) is 20.0. The van der Waals surface area contributed by atoms with E-state index in [0.717, 1.165) is 34.8 Å². The van der Waals surface area contributed by atoms with Crippen molar-refractivity contribution in [3.63, 3.8) is 0 Å². The quantitative estimate of drug-likeness (QED) is 0.544. The summed E-state index contributed by atoms with van der Waals surface area (Å²) in [5.41, 5.74) is 2.03. The van der Waals surface area contributed by atoms with E-state index in [2.05, 4.69) is 28.2 Å². The Morgan fingerprint density at radius 1 is 1.25 bits per heavy atom. The zero-order valence-electron chi connectivity index (χ0n) is 18.4. The second-order valence-corrected chi connectivity index (χ2v) is 10.3. The van der Waals surface area contributed by atoms with E-state index in [1.165, 1.54) is 6.42 Å². The highest BCUT2D eigenvalue weighted by Crippen LogP contribution is 2.35. The number of hydrogen-bond acceptors (Lipinski definition) is 3. The highest BCUT2D eigenvalue weighted by Gasteiger charge is 2.48. The Bertz CT molecular complexity index is 1180. The van der Waals surface area contributed by atoms with Crippen LogP contribution < -0.4 is 5.32 Å². The van der Waals surface area contributed by atoms with Crippen LogP contribution in [0.3, 0.4) is 0 Å². The molecule has 168 valence electrons. The molecule has 5 rings (SSSR count). The number of benzene rings is 1. The Morgan fingerprint density at radius 3 is 2.84 bits per heavy atom. The molecular formula is C25H28BrN3O3. The number of nitrogens with one attached hydrogen (secondary N) is 1. The van der Waals surface area contributed by atoms with E-state index >= 15 is 0 Å². The molecule has 0 saturated heterocycles. The van der Waals surface area contributed by atoms with Crippen LogP contribution in [0.1, 0.15) is 55.6 Å². The summed E-state index contributed by atoms with van der Waals surface area (Å²) in [6, 6.07) is 11.7. The van der Waals surface area contributed by atoms with Crippen molar-refractivity contribution in [1.29, 1.82) is 0 Å². The average Bonchev–Trinajstić information content (AvgIpc) is 3.35. The number of carbonyl (C=O) groups is 2. The highest BCUT2D eigenvalue weighted by atomic mass is 79.9. The summed E-state index contributed by atoms with van der Waals surface area (Å²) in [6.07, 6.45) is 6.08. The third-order valence-corrected chi connectivity index (χ3v) is 7.69. The van der Waals surface area contributed by atoms with E-state index in [1.807, 2.05) is 41.8 Å². The number of halogens is 1. The van der Waals surface area contributed by atoms with Gasteiger partial charge in [-0.15, -0.1) is 0 Å². The van der Waals surface area contributed by atoms with Gasteiger partial charge < -0.3 is 19.2 Å². The van der Waals surface area contributed by atoms with Crippen molar-refractivity contribution in [2.24, 2.45) is 5.92 Å². The third-order valence-electron chi connectivity index (χ3n) is 7.20. The molecule has 1 aromatic carbocycles. The van der Waals surface area contributed by atoms with Crippen LogP contribution in [-0.4, -0.2) is 32.9 Å². The minimum absolute atomic E-state index is 0.0874. The third kappa shape index (κ3) is 3.56. The van der Waals surface area contributed by atoms with Crippen LogP contribution >= 0.6 is 15.9 Å². The number of fused-ring (bicyclic) bond motifs is 3. The number of aromatic nitrogens is 1. The van der Waals surface area contributed by atoms with Crippen LogP contribution in [0.25, 0.3) is 11.1 Å². The van der Waals surface area contributed by atoms with Crippen molar-refractivity contribution >= 4 is 38.8 Å². The number of hydrogen-bond donors (Lipinski definition) is 1. The molecule has 0 unspecified atom stereocenters. The normalized spacial score (nSPS) is 25.7. The molecule has 1 aliphatic heterocycles. The summed E-state index contributed by atoms with van der Waals surface area (Å²) in [5.74, 6) is 0.199. The molecule has 3 heterocycles. The number of nitrogens with zero attached hydrogens (tertiary/aromatic N) is 2. The van der Waals surface area contributed by atoms with E-state index in [0.29, 0.717) is 30.3 Å². The van der Waals surface area contributed by atoms with Crippen molar-refractivity contribution in [2.45, 2.75) is 64.2 Å². The first-order valence-corrected chi connectivity index (χ1v) is 12.1. The van der Waals surface area contributed by atoms with E-state index in [-0.39, 0.29) is 17.9 Å². The Kier molecular flexibility index (Phi) is 5.40. The van der Waals surface area contributed by atoms with Gasteiger partial charge in [0.2, 0.25) is 5.91 Å². The molecule has 6 nitrogen and oxygen atoms in total. The van der Waals surface area contributed by atoms with Crippen LogP contribution in [0.5, 0.6) is 0 Å². The van der Waals surface area contributed by atoms with Gasteiger partial charge in [-0.1, -0.05) is 47.8 Å². The second-order valence-electron chi connectivity index (χ2n) is 9.42. The molecule has 7 heteroatoms. The van der Waals surface area contributed by atoms with Gasteiger partial charge in [0.25, 0.3) is 5.91 Å². The fraction of sp³-hybridized carbons (Fsp3) is 0.440. The number of carbonyl (C=O) groups excluding carboxylic acids is 2. The monoisotopic (exact) mass is 497 g/mol. The maximum Gasteiger partial charge on any atom is 0.271 e. The summed E-state index contributed by atoms with van der Waals surface area (Å²) in [5, 5.41) is 3.31. The molecule has 0 spiro atoms. The molecule has 0 bridgehead atoms. The predicted molar refractivity (Wildman–Crippen MR) is 126 cm³/mol. The van der Waals surface area contributed by atoms with E-state index < -0.39 is 5.54 Å². The first kappa shape index (κ1) is 21.3. The molecule has 1 aliphatic carbocycles. The van der Waals surface area contributed by atoms with Crippen molar-refractivity contribution in [2.75, 3.05) is 0 Å². The van der Waals surface area contributed by atoms with Crippen molar-refractivity contribution in [3.05, 3.63) is 58.4 Å².